The largest absolute Gasteiger partial charge is 0.450 e. The number of nitrogens with one attached hydrogen (secondary N) is 1. The van der Waals surface area contributed by atoms with Gasteiger partial charge in [-0.25, -0.2) is 4.79 Å². The third-order valence-electron chi connectivity index (χ3n) is 11.6. The van der Waals surface area contributed by atoms with Crippen molar-refractivity contribution in [3.63, 3.8) is 0 Å². The first-order valence-electron chi connectivity index (χ1n) is 14.6. The van der Waals surface area contributed by atoms with Crippen molar-refractivity contribution in [3.8, 4) is 0 Å². The van der Waals surface area contributed by atoms with Crippen LogP contribution < -0.4 is 5.32 Å². The fourth-order valence-corrected chi connectivity index (χ4v) is 9.66. The molecule has 0 spiro atoms. The molecule has 1 amide bonds. The van der Waals surface area contributed by atoms with Gasteiger partial charge < -0.3 is 20.3 Å². The Balaban J connectivity index is 1.22. The molecule has 10 atom stereocenters. The summed E-state index contributed by atoms with van der Waals surface area (Å²) in [4.78, 5) is 12.3. The second-order valence-electron chi connectivity index (χ2n) is 13.0. The zero-order valence-electron chi connectivity index (χ0n) is 22.5. The summed E-state index contributed by atoms with van der Waals surface area (Å²) in [5.74, 6) is 2.74. The molecular weight excluding hydrogens is 450 g/mol. The topological polar surface area (TPSA) is 78.8 Å². The van der Waals surface area contributed by atoms with E-state index in [1.54, 1.807) is 0 Å². The number of aliphatic hydroxyl groups is 2. The second kappa shape index (κ2) is 10.3. The first kappa shape index (κ1) is 26.0. The van der Waals surface area contributed by atoms with Crippen LogP contribution in [0.1, 0.15) is 84.1 Å². The van der Waals surface area contributed by atoms with Gasteiger partial charge in [0, 0.05) is 6.54 Å². The van der Waals surface area contributed by atoms with Gasteiger partial charge in [-0.1, -0.05) is 57.5 Å². The van der Waals surface area contributed by atoms with Gasteiger partial charge >= 0.3 is 6.09 Å². The third-order valence-corrected chi connectivity index (χ3v) is 11.6. The molecule has 0 bridgehead atoms. The second-order valence-corrected chi connectivity index (χ2v) is 13.0. The van der Waals surface area contributed by atoms with Gasteiger partial charge in [0.25, 0.3) is 0 Å². The molecule has 0 radical (unpaired) electrons. The van der Waals surface area contributed by atoms with E-state index in [-0.39, 0.29) is 29.1 Å². The first-order valence-corrected chi connectivity index (χ1v) is 14.6. The molecule has 5 heteroatoms. The molecule has 0 saturated heterocycles. The van der Waals surface area contributed by atoms with Crippen molar-refractivity contribution in [2.45, 2.75) is 97.3 Å². The van der Waals surface area contributed by atoms with Gasteiger partial charge in [-0.3, -0.25) is 0 Å². The summed E-state index contributed by atoms with van der Waals surface area (Å²) in [5.41, 5.74) is 1.52. The van der Waals surface area contributed by atoms with E-state index in [2.05, 4.69) is 26.1 Å². The third kappa shape index (κ3) is 4.49. The van der Waals surface area contributed by atoms with Crippen molar-refractivity contribution < 1.29 is 19.7 Å². The first-order chi connectivity index (χ1) is 17.3. The van der Waals surface area contributed by atoms with Gasteiger partial charge in [0.2, 0.25) is 0 Å². The highest BCUT2D eigenvalue weighted by Crippen LogP contribution is 2.69. The predicted octanol–water partition coefficient (Wildman–Crippen LogP) is 5.93. The molecule has 200 valence electrons. The molecule has 5 rings (SSSR count). The molecular formula is C31H47NO4. The number of carbonyl (C=O) groups excluding carboxylic acids is 1. The highest BCUT2D eigenvalue weighted by atomic mass is 16.5. The number of carbonyl (C=O) groups is 1. The molecule has 0 unspecified atom stereocenters. The van der Waals surface area contributed by atoms with Crippen LogP contribution in [0.25, 0.3) is 0 Å². The van der Waals surface area contributed by atoms with Gasteiger partial charge in [-0.2, -0.15) is 0 Å². The highest BCUT2D eigenvalue weighted by Gasteiger charge is 2.64. The Morgan fingerprint density at radius 2 is 1.72 bits per heavy atom. The Bertz CT molecular complexity index is 907. The molecule has 0 aromatic heterocycles. The molecule has 4 saturated carbocycles. The van der Waals surface area contributed by atoms with Crippen molar-refractivity contribution >= 4 is 6.09 Å². The van der Waals surface area contributed by atoms with E-state index < -0.39 is 0 Å². The van der Waals surface area contributed by atoms with Gasteiger partial charge in [0.1, 0.15) is 0 Å². The normalized spacial score (nSPS) is 43.7. The molecule has 4 fully saturated rings. The quantitative estimate of drug-likeness (QED) is 0.455. The number of hydrogen-bond acceptors (Lipinski definition) is 4. The highest BCUT2D eigenvalue weighted by molar-refractivity contribution is 5.67. The van der Waals surface area contributed by atoms with E-state index in [0.717, 1.165) is 37.7 Å². The lowest BCUT2D eigenvalue weighted by molar-refractivity contribution is -0.202. The summed E-state index contributed by atoms with van der Waals surface area (Å²) in [7, 11) is 0. The Kier molecular flexibility index (Phi) is 7.44. The number of hydrogen-bond donors (Lipinski definition) is 3. The monoisotopic (exact) mass is 497 g/mol. The Morgan fingerprint density at radius 3 is 2.47 bits per heavy atom. The molecule has 4 aliphatic carbocycles. The molecule has 5 nitrogen and oxygen atoms in total. The van der Waals surface area contributed by atoms with Crippen molar-refractivity contribution in [2.24, 2.45) is 46.3 Å². The summed E-state index contributed by atoms with van der Waals surface area (Å²) in [6, 6.07) is 9.91. The van der Waals surface area contributed by atoms with Crippen LogP contribution in [0.2, 0.25) is 0 Å². The molecule has 1 aromatic rings. The molecule has 4 aliphatic rings. The number of ether oxygens (including phenoxy) is 1. The Morgan fingerprint density at radius 1 is 1.00 bits per heavy atom. The Labute approximate surface area is 217 Å². The molecule has 0 heterocycles. The van der Waals surface area contributed by atoms with Crippen LogP contribution in [0.3, 0.4) is 0 Å². The van der Waals surface area contributed by atoms with Crippen molar-refractivity contribution in [2.75, 3.05) is 6.61 Å². The fraction of sp³-hybridized carbons (Fsp3) is 0.774. The average molecular weight is 498 g/mol. The zero-order valence-corrected chi connectivity index (χ0v) is 22.5. The van der Waals surface area contributed by atoms with Crippen LogP contribution in [0.4, 0.5) is 4.79 Å². The van der Waals surface area contributed by atoms with Crippen molar-refractivity contribution in [1.82, 2.24) is 5.32 Å². The van der Waals surface area contributed by atoms with Gasteiger partial charge in [-0.05, 0) is 103 Å². The smallest absolute Gasteiger partial charge is 0.407 e. The molecule has 36 heavy (non-hydrogen) atoms. The lowest BCUT2D eigenvalue weighted by Crippen LogP contribution is -2.62. The predicted molar refractivity (Wildman–Crippen MR) is 141 cm³/mol. The van der Waals surface area contributed by atoms with E-state index in [0.29, 0.717) is 48.7 Å². The average Bonchev–Trinajstić information content (AvgIpc) is 3.21. The maximum atomic E-state index is 12.3. The molecule has 1 aromatic carbocycles. The summed E-state index contributed by atoms with van der Waals surface area (Å²) >= 11 is 0. The maximum Gasteiger partial charge on any atom is 0.407 e. The SMILES string of the molecule is CC[C@H]1[C@@H](O)[C@@H]2[C@H](CC[C@]3(C)[C@@H](CCOC(=O)NCc4ccccc4)CC[C@@H]23)[C@@]2(C)CC[C@@H](O)C[C@@H]12. The molecule has 3 N–H and O–H groups in total. The number of amides is 1. The number of fused-ring (bicyclic) bond motifs is 5. The summed E-state index contributed by atoms with van der Waals surface area (Å²) in [6.07, 6.45) is 8.72. The zero-order chi connectivity index (χ0) is 25.5. The lowest BCUT2D eigenvalue weighted by atomic mass is 9.41. The van der Waals surface area contributed by atoms with Crippen LogP contribution in [-0.2, 0) is 11.3 Å². The summed E-state index contributed by atoms with van der Waals surface area (Å²) in [5, 5.41) is 25.1. The van der Waals surface area contributed by atoms with Crippen LogP contribution >= 0.6 is 0 Å². The molecule has 0 aliphatic heterocycles. The van der Waals surface area contributed by atoms with Crippen molar-refractivity contribution in [3.05, 3.63) is 35.9 Å². The van der Waals surface area contributed by atoms with E-state index in [4.69, 9.17) is 4.74 Å². The standard InChI is InChI=1S/C31H47NO4/c1-4-23-26-18-22(33)12-15-31(26,3)25-13-16-30(2)21(10-11-24(30)27(25)28(23)34)14-17-36-29(35)32-19-20-8-6-5-7-9-20/h5-9,21-28,33-34H,4,10-19H2,1-3H3,(H,32,35)/t21-,22-,23-,24+,25+,26+,27+,28-,30-,31-/m1/s1. The number of benzene rings is 1. The number of aliphatic hydroxyl groups excluding tert-OH is 2. The fourth-order valence-electron chi connectivity index (χ4n) is 9.66. The Hall–Kier alpha value is -1.59. The van der Waals surface area contributed by atoms with E-state index >= 15 is 0 Å². The minimum Gasteiger partial charge on any atom is -0.450 e. The number of rotatable bonds is 6. The van der Waals surface area contributed by atoms with Crippen LogP contribution in [0.5, 0.6) is 0 Å². The van der Waals surface area contributed by atoms with Gasteiger partial charge in [0.15, 0.2) is 0 Å². The summed E-state index contributed by atoms with van der Waals surface area (Å²) in [6.45, 7) is 8.13. The maximum absolute atomic E-state index is 12.3. The van der Waals surface area contributed by atoms with Crippen LogP contribution in [0, 0.1) is 46.3 Å². The van der Waals surface area contributed by atoms with Gasteiger partial charge in [-0.15, -0.1) is 0 Å². The van der Waals surface area contributed by atoms with Crippen molar-refractivity contribution in [1.29, 1.82) is 0 Å². The minimum atomic E-state index is -0.339. The lowest BCUT2D eigenvalue weighted by Gasteiger charge is -2.64. The van der Waals surface area contributed by atoms with Gasteiger partial charge in [0.05, 0.1) is 18.8 Å². The minimum absolute atomic E-state index is 0.199. The van der Waals surface area contributed by atoms with E-state index in [1.165, 1.54) is 25.7 Å². The number of alkyl carbamates (subject to hydrolysis) is 1. The van der Waals surface area contributed by atoms with Crippen LogP contribution in [-0.4, -0.2) is 35.1 Å². The van der Waals surface area contributed by atoms with E-state index in [1.807, 2.05) is 30.3 Å². The summed E-state index contributed by atoms with van der Waals surface area (Å²) < 4.78 is 5.59. The van der Waals surface area contributed by atoms with E-state index in [9.17, 15) is 15.0 Å². The van der Waals surface area contributed by atoms with Crippen LogP contribution in [0.15, 0.2) is 30.3 Å².